The minimum absolute atomic E-state index is 0.00629. The van der Waals surface area contributed by atoms with E-state index < -0.39 is 42.5 Å². The number of H-pyrrole nitrogens is 1. The van der Waals surface area contributed by atoms with Crippen LogP contribution in [0.5, 0.6) is 0 Å². The molecule has 0 aliphatic carbocycles. The van der Waals surface area contributed by atoms with Crippen molar-refractivity contribution in [2.75, 3.05) is 13.2 Å². The number of rotatable bonds is 12. The van der Waals surface area contributed by atoms with E-state index in [-0.39, 0.29) is 30.7 Å². The van der Waals surface area contributed by atoms with E-state index in [2.05, 4.69) is 31.2 Å². The molecule has 12 heteroatoms. The topological polar surface area (TPSA) is 186 Å². The second-order valence-corrected chi connectivity index (χ2v) is 8.26. The quantitative estimate of drug-likeness (QED) is 0.195. The third kappa shape index (κ3) is 7.61. The predicted octanol–water partition coefficient (Wildman–Crippen LogP) is -1.72. The molecule has 0 bridgehead atoms. The van der Waals surface area contributed by atoms with Gasteiger partial charge in [-0.1, -0.05) is 13.8 Å². The number of aliphatic hydroxyl groups excluding tert-OH is 1. The van der Waals surface area contributed by atoms with Crippen molar-refractivity contribution < 1.29 is 29.4 Å². The van der Waals surface area contributed by atoms with E-state index in [9.17, 15) is 24.3 Å². The van der Waals surface area contributed by atoms with E-state index in [0.29, 0.717) is 12.1 Å². The van der Waals surface area contributed by atoms with Crippen LogP contribution in [0.15, 0.2) is 12.5 Å². The molecule has 2 rings (SSSR count). The molecule has 0 radical (unpaired) electrons. The second kappa shape index (κ2) is 12.2. The van der Waals surface area contributed by atoms with Gasteiger partial charge in [0.2, 0.25) is 17.7 Å². The molecule has 7 N–H and O–H groups in total. The number of aromatic amines is 1. The van der Waals surface area contributed by atoms with E-state index >= 15 is 0 Å². The van der Waals surface area contributed by atoms with Crippen molar-refractivity contribution in [1.82, 2.24) is 31.2 Å². The van der Waals surface area contributed by atoms with Crippen molar-refractivity contribution in [1.29, 1.82) is 0 Å². The summed E-state index contributed by atoms with van der Waals surface area (Å²) in [4.78, 5) is 56.3. The van der Waals surface area contributed by atoms with Crippen molar-refractivity contribution in [2.45, 2.75) is 63.7 Å². The first kappa shape index (κ1) is 25.3. The average molecular weight is 453 g/mol. The van der Waals surface area contributed by atoms with Crippen molar-refractivity contribution in [2.24, 2.45) is 5.92 Å². The van der Waals surface area contributed by atoms with Crippen LogP contribution in [0.3, 0.4) is 0 Å². The summed E-state index contributed by atoms with van der Waals surface area (Å²) in [6.07, 6.45) is 4.90. The van der Waals surface area contributed by atoms with Gasteiger partial charge in [-0.15, -0.1) is 0 Å². The fourth-order valence-electron chi connectivity index (χ4n) is 3.44. The van der Waals surface area contributed by atoms with Crippen LogP contribution in [0, 0.1) is 5.92 Å². The summed E-state index contributed by atoms with van der Waals surface area (Å²) in [5.74, 6) is -2.99. The van der Waals surface area contributed by atoms with Crippen molar-refractivity contribution >= 4 is 23.7 Å². The van der Waals surface area contributed by atoms with E-state index in [4.69, 9.17) is 5.11 Å². The number of nitrogens with one attached hydrogen (secondary N) is 5. The van der Waals surface area contributed by atoms with Gasteiger partial charge in [0.05, 0.1) is 19.0 Å². The van der Waals surface area contributed by atoms with Crippen LogP contribution in [0.25, 0.3) is 0 Å². The zero-order chi connectivity index (χ0) is 23.7. The summed E-state index contributed by atoms with van der Waals surface area (Å²) in [6, 6.07) is -3.88. The smallest absolute Gasteiger partial charge is 0.328 e. The molecule has 1 saturated heterocycles. The molecule has 178 valence electrons. The molecule has 2 heterocycles. The third-order valence-electron chi connectivity index (χ3n) is 5.13. The van der Waals surface area contributed by atoms with E-state index in [1.54, 1.807) is 0 Å². The fraction of sp³-hybridized carbons (Fsp3) is 0.650. The zero-order valence-electron chi connectivity index (χ0n) is 18.3. The van der Waals surface area contributed by atoms with Gasteiger partial charge in [0.1, 0.15) is 18.1 Å². The number of imidazole rings is 1. The molecule has 3 amide bonds. The zero-order valence-corrected chi connectivity index (χ0v) is 18.3. The standard InChI is InChI=1S/C20H32N6O6/c1-11(2)6-14(18(29)26-16(9-27)20(31)32)24-19(30)15(7-12-8-21-10-23-12)25-17(28)13-4-3-5-22-13/h8,10-11,13-16,22,27H,3-7,9H2,1-2H3,(H,21,23)(H,24,30)(H,25,28)(H,26,29)(H,31,32). The van der Waals surface area contributed by atoms with E-state index in [0.717, 1.165) is 13.0 Å². The van der Waals surface area contributed by atoms with Crippen molar-refractivity contribution in [3.8, 4) is 0 Å². The van der Waals surface area contributed by atoms with Crippen LogP contribution >= 0.6 is 0 Å². The molecule has 1 aromatic rings. The van der Waals surface area contributed by atoms with Gasteiger partial charge >= 0.3 is 5.97 Å². The number of carboxylic acids is 1. The van der Waals surface area contributed by atoms with Crippen LogP contribution in [0.4, 0.5) is 0 Å². The highest BCUT2D eigenvalue weighted by Gasteiger charge is 2.32. The van der Waals surface area contributed by atoms with Crippen molar-refractivity contribution in [3.05, 3.63) is 18.2 Å². The highest BCUT2D eigenvalue weighted by molar-refractivity contribution is 5.94. The number of hydrogen-bond donors (Lipinski definition) is 7. The summed E-state index contributed by atoms with van der Waals surface area (Å²) >= 11 is 0. The van der Waals surface area contributed by atoms with Gasteiger partial charge in [-0.3, -0.25) is 14.4 Å². The lowest BCUT2D eigenvalue weighted by Crippen LogP contribution is -2.58. The van der Waals surface area contributed by atoms with Crippen LogP contribution < -0.4 is 21.3 Å². The molecule has 0 aromatic carbocycles. The lowest BCUT2D eigenvalue weighted by molar-refractivity contribution is -0.143. The summed E-state index contributed by atoms with van der Waals surface area (Å²) in [7, 11) is 0. The molecule has 12 nitrogen and oxygen atoms in total. The fourth-order valence-corrected chi connectivity index (χ4v) is 3.44. The van der Waals surface area contributed by atoms with Gasteiger partial charge in [0.25, 0.3) is 0 Å². The monoisotopic (exact) mass is 452 g/mol. The maximum absolute atomic E-state index is 13.1. The highest BCUT2D eigenvalue weighted by atomic mass is 16.4. The van der Waals surface area contributed by atoms with Gasteiger partial charge in [-0.25, -0.2) is 9.78 Å². The molecule has 1 aliphatic heterocycles. The minimum Gasteiger partial charge on any atom is -0.480 e. The molecule has 1 fully saturated rings. The number of carboxylic acid groups (broad SMARTS) is 1. The first-order chi connectivity index (χ1) is 15.2. The summed E-state index contributed by atoms with van der Waals surface area (Å²) in [5.41, 5.74) is 0.626. The number of carbonyl (C=O) groups excluding carboxylic acids is 3. The Morgan fingerprint density at radius 3 is 2.34 bits per heavy atom. The van der Waals surface area contributed by atoms with Crippen LogP contribution in [-0.4, -0.2) is 81.2 Å². The summed E-state index contributed by atoms with van der Waals surface area (Å²) in [6.45, 7) is 3.64. The molecule has 1 aromatic heterocycles. The Kier molecular flexibility index (Phi) is 9.60. The maximum Gasteiger partial charge on any atom is 0.328 e. The maximum atomic E-state index is 13.1. The van der Waals surface area contributed by atoms with Crippen molar-refractivity contribution in [3.63, 3.8) is 0 Å². The van der Waals surface area contributed by atoms with Crippen LogP contribution in [-0.2, 0) is 25.6 Å². The molecule has 4 atom stereocenters. The van der Waals surface area contributed by atoms with E-state index in [1.807, 2.05) is 13.8 Å². The Bertz CT molecular complexity index is 778. The normalized spacial score (nSPS) is 18.6. The van der Waals surface area contributed by atoms with Gasteiger partial charge < -0.3 is 36.5 Å². The number of carbonyl (C=O) groups is 4. The largest absolute Gasteiger partial charge is 0.480 e. The summed E-state index contributed by atoms with van der Waals surface area (Å²) < 4.78 is 0. The Morgan fingerprint density at radius 1 is 1.12 bits per heavy atom. The highest BCUT2D eigenvalue weighted by Crippen LogP contribution is 2.09. The van der Waals surface area contributed by atoms with E-state index in [1.165, 1.54) is 12.5 Å². The Labute approximate surface area is 185 Å². The van der Waals surface area contributed by atoms with Crippen LogP contribution in [0.1, 0.15) is 38.8 Å². The number of aliphatic carboxylic acids is 1. The Balaban J connectivity index is 2.13. The molecule has 0 spiro atoms. The predicted molar refractivity (Wildman–Crippen MR) is 113 cm³/mol. The first-order valence-corrected chi connectivity index (χ1v) is 10.7. The number of aromatic nitrogens is 2. The lowest BCUT2D eigenvalue weighted by atomic mass is 10.0. The molecule has 0 saturated carbocycles. The Morgan fingerprint density at radius 2 is 1.81 bits per heavy atom. The Hall–Kier alpha value is -2.99. The number of hydrogen-bond acceptors (Lipinski definition) is 7. The number of aliphatic hydroxyl groups is 1. The summed E-state index contributed by atoms with van der Waals surface area (Å²) in [5, 5.41) is 28.9. The SMILES string of the molecule is CC(C)CC(NC(=O)C(Cc1cnc[nH]1)NC(=O)C1CCCN1)C(=O)NC(CO)C(=O)O. The lowest BCUT2D eigenvalue weighted by Gasteiger charge is -2.25. The minimum atomic E-state index is -1.48. The molecular formula is C20H32N6O6. The molecule has 1 aliphatic rings. The first-order valence-electron chi connectivity index (χ1n) is 10.7. The third-order valence-corrected chi connectivity index (χ3v) is 5.13. The van der Waals surface area contributed by atoms with Gasteiger partial charge in [-0.2, -0.15) is 0 Å². The van der Waals surface area contributed by atoms with Gasteiger partial charge in [0, 0.05) is 18.3 Å². The van der Waals surface area contributed by atoms with Crippen LogP contribution in [0.2, 0.25) is 0 Å². The second-order valence-electron chi connectivity index (χ2n) is 8.26. The number of amides is 3. The van der Waals surface area contributed by atoms with Gasteiger partial charge in [0.15, 0.2) is 0 Å². The number of nitrogens with zero attached hydrogens (tertiary/aromatic N) is 1. The molecule has 4 unspecified atom stereocenters. The average Bonchev–Trinajstić information content (AvgIpc) is 3.44. The molecule has 32 heavy (non-hydrogen) atoms. The molecular weight excluding hydrogens is 420 g/mol. The van der Waals surface area contributed by atoms with Gasteiger partial charge in [-0.05, 0) is 31.7 Å².